The summed E-state index contributed by atoms with van der Waals surface area (Å²) < 4.78 is 11.0. The number of halogens is 2. The van der Waals surface area contributed by atoms with Crippen LogP contribution in [-0.2, 0) is 0 Å². The fourth-order valence-corrected chi connectivity index (χ4v) is 1.82. The monoisotopic (exact) mass is 273 g/mol. The Bertz CT molecular complexity index is 435. The molecule has 1 aliphatic heterocycles. The van der Waals surface area contributed by atoms with Crippen LogP contribution in [0.25, 0.3) is 0 Å². The molecule has 1 heterocycles. The van der Waals surface area contributed by atoms with Crippen molar-refractivity contribution in [1.82, 2.24) is 5.32 Å². The summed E-state index contributed by atoms with van der Waals surface area (Å²) in [5.74, 6) is 1.57. The van der Waals surface area contributed by atoms with Gasteiger partial charge in [-0.15, -0.1) is 0 Å². The van der Waals surface area contributed by atoms with Gasteiger partial charge in [0.1, 0.15) is 24.7 Å². The molecule has 0 amide bonds. The van der Waals surface area contributed by atoms with Crippen LogP contribution in [0.2, 0.25) is 0 Å². The van der Waals surface area contributed by atoms with Crippen LogP contribution >= 0.6 is 23.2 Å². The molecule has 1 unspecified atom stereocenters. The minimum absolute atomic E-state index is 0.255. The fraction of sp³-hybridized carbons (Fsp3) is 0.333. The second kappa shape index (κ2) is 5.63. The first-order valence-corrected chi connectivity index (χ1v) is 6.07. The normalized spacial score (nSPS) is 18.8. The van der Waals surface area contributed by atoms with Crippen molar-refractivity contribution in [2.45, 2.75) is 6.04 Å². The Labute approximate surface area is 110 Å². The van der Waals surface area contributed by atoms with E-state index in [1.54, 1.807) is 0 Å². The molecule has 5 heteroatoms. The molecule has 0 saturated heterocycles. The van der Waals surface area contributed by atoms with Crippen LogP contribution in [0, 0.1) is 0 Å². The minimum atomic E-state index is 0.255. The van der Waals surface area contributed by atoms with Crippen LogP contribution in [0.3, 0.4) is 0 Å². The maximum Gasteiger partial charge on any atom is 0.127 e. The number of hydrogen-bond donors (Lipinski definition) is 1. The second-order valence-electron chi connectivity index (χ2n) is 3.70. The van der Waals surface area contributed by atoms with E-state index in [1.807, 2.05) is 25.2 Å². The Kier molecular flexibility index (Phi) is 4.15. The molecule has 1 aromatic carbocycles. The number of fused-ring (bicyclic) bond motifs is 1. The van der Waals surface area contributed by atoms with Crippen molar-refractivity contribution in [3.05, 3.63) is 34.3 Å². The number of ether oxygens (including phenoxy) is 2. The third-order valence-electron chi connectivity index (χ3n) is 2.61. The van der Waals surface area contributed by atoms with Gasteiger partial charge in [0, 0.05) is 17.2 Å². The predicted octanol–water partition coefficient (Wildman–Crippen LogP) is 3.04. The van der Waals surface area contributed by atoms with Gasteiger partial charge in [0.25, 0.3) is 0 Å². The lowest BCUT2D eigenvalue weighted by Crippen LogP contribution is -2.17. The van der Waals surface area contributed by atoms with E-state index >= 15 is 0 Å². The molecular weight excluding hydrogens is 261 g/mol. The molecule has 2 rings (SSSR count). The van der Waals surface area contributed by atoms with Crippen LogP contribution < -0.4 is 14.8 Å². The lowest BCUT2D eigenvalue weighted by atomic mass is 10.1. The Morgan fingerprint density at radius 1 is 1.65 bits per heavy atom. The van der Waals surface area contributed by atoms with Gasteiger partial charge in [-0.05, 0) is 19.2 Å². The van der Waals surface area contributed by atoms with E-state index in [2.05, 4.69) is 5.32 Å². The van der Waals surface area contributed by atoms with Crippen molar-refractivity contribution in [3.8, 4) is 11.5 Å². The van der Waals surface area contributed by atoms with Crippen LogP contribution in [-0.4, -0.2) is 20.3 Å². The summed E-state index contributed by atoms with van der Waals surface area (Å²) in [6.45, 7) is 0.914. The summed E-state index contributed by atoms with van der Waals surface area (Å²) in [6, 6.07) is 6.02. The van der Waals surface area contributed by atoms with Crippen molar-refractivity contribution < 1.29 is 9.47 Å². The quantitative estimate of drug-likeness (QED) is 0.915. The molecule has 1 atom stereocenters. The summed E-state index contributed by atoms with van der Waals surface area (Å²) >= 11 is 11.2. The van der Waals surface area contributed by atoms with Crippen molar-refractivity contribution in [3.63, 3.8) is 0 Å². The molecule has 0 aromatic heterocycles. The zero-order valence-electron chi connectivity index (χ0n) is 9.37. The largest absolute Gasteiger partial charge is 0.491 e. The van der Waals surface area contributed by atoms with Crippen molar-refractivity contribution in [2.24, 2.45) is 0 Å². The fourth-order valence-electron chi connectivity index (χ4n) is 1.70. The Balaban J connectivity index is 2.08. The molecule has 1 N–H and O–H groups in total. The lowest BCUT2D eigenvalue weighted by molar-refractivity contribution is 0.315. The van der Waals surface area contributed by atoms with Gasteiger partial charge in [0.15, 0.2) is 0 Å². The van der Waals surface area contributed by atoms with E-state index in [-0.39, 0.29) is 12.6 Å². The molecule has 0 saturated carbocycles. The van der Waals surface area contributed by atoms with Crippen molar-refractivity contribution >= 4 is 23.2 Å². The van der Waals surface area contributed by atoms with E-state index in [9.17, 15) is 0 Å². The van der Waals surface area contributed by atoms with Crippen LogP contribution in [0.15, 0.2) is 28.8 Å². The highest BCUT2D eigenvalue weighted by atomic mass is 35.5. The van der Waals surface area contributed by atoms with E-state index in [4.69, 9.17) is 32.7 Å². The van der Waals surface area contributed by atoms with E-state index in [1.165, 1.54) is 5.54 Å². The molecule has 0 spiro atoms. The van der Waals surface area contributed by atoms with Crippen molar-refractivity contribution in [1.29, 1.82) is 0 Å². The van der Waals surface area contributed by atoms with E-state index in [0.717, 1.165) is 17.1 Å². The zero-order valence-corrected chi connectivity index (χ0v) is 10.9. The number of rotatable bonds is 4. The third-order valence-corrected chi connectivity index (χ3v) is 3.20. The smallest absolute Gasteiger partial charge is 0.127 e. The molecule has 1 aliphatic rings. The highest BCUT2D eigenvalue weighted by molar-refractivity contribution is 6.36. The van der Waals surface area contributed by atoms with Gasteiger partial charge in [0.05, 0.1) is 11.1 Å². The van der Waals surface area contributed by atoms with Crippen LogP contribution in [0.1, 0.15) is 11.6 Å². The predicted molar refractivity (Wildman–Crippen MR) is 69.0 cm³/mol. The number of hydrogen-bond acceptors (Lipinski definition) is 3. The van der Waals surface area contributed by atoms with Gasteiger partial charge in [0.2, 0.25) is 0 Å². The molecule has 17 heavy (non-hydrogen) atoms. The minimum Gasteiger partial charge on any atom is -0.491 e. The molecule has 0 fully saturated rings. The number of likely N-dealkylation sites (N-methyl/N-ethyl adjacent to an activating group) is 1. The molecule has 1 aromatic rings. The molecule has 0 aliphatic carbocycles. The first kappa shape index (κ1) is 12.6. The average molecular weight is 274 g/mol. The number of benzene rings is 1. The Morgan fingerprint density at radius 2 is 2.47 bits per heavy atom. The molecule has 0 bridgehead atoms. The highest BCUT2D eigenvalue weighted by Crippen LogP contribution is 2.35. The Hall–Kier alpha value is -0.900. The van der Waals surface area contributed by atoms with Crippen molar-refractivity contribution in [2.75, 3.05) is 20.3 Å². The maximum atomic E-state index is 5.74. The first-order chi connectivity index (χ1) is 8.24. The van der Waals surface area contributed by atoms with Gasteiger partial charge < -0.3 is 14.8 Å². The second-order valence-corrected chi connectivity index (χ2v) is 4.40. The molecule has 3 nitrogen and oxygen atoms in total. The summed E-state index contributed by atoms with van der Waals surface area (Å²) in [6.07, 6.45) is 0. The molecule has 0 radical (unpaired) electrons. The number of nitrogens with one attached hydrogen (secondary N) is 1. The zero-order chi connectivity index (χ0) is 12.3. The standard InChI is InChI=1S/C12H13Cl2NO2/c1-15-11-7-17-12-4-9(2-3-10(11)12)16-6-8(14)5-13/h2-5,11,15H,6-7H2,1H3. The highest BCUT2D eigenvalue weighted by Gasteiger charge is 2.22. The Morgan fingerprint density at radius 3 is 3.18 bits per heavy atom. The summed E-state index contributed by atoms with van der Waals surface area (Å²) in [5.41, 5.74) is 2.45. The van der Waals surface area contributed by atoms with Gasteiger partial charge in [-0.25, -0.2) is 0 Å². The van der Waals surface area contributed by atoms with E-state index in [0.29, 0.717) is 11.6 Å². The first-order valence-electron chi connectivity index (χ1n) is 5.26. The van der Waals surface area contributed by atoms with Gasteiger partial charge in [-0.2, -0.15) is 0 Å². The average Bonchev–Trinajstić information content (AvgIpc) is 2.78. The SMILES string of the molecule is CNC1COc2cc(OCC(Cl)=CCl)ccc21. The van der Waals surface area contributed by atoms with Crippen LogP contribution in [0.5, 0.6) is 11.5 Å². The molecule has 92 valence electrons. The molecular formula is C12H13Cl2NO2. The summed E-state index contributed by atoms with van der Waals surface area (Å²) in [5, 5.41) is 3.64. The lowest BCUT2D eigenvalue weighted by Gasteiger charge is -2.08. The van der Waals surface area contributed by atoms with Crippen LogP contribution in [0.4, 0.5) is 0 Å². The topological polar surface area (TPSA) is 30.5 Å². The van der Waals surface area contributed by atoms with Gasteiger partial charge in [-0.3, -0.25) is 0 Å². The van der Waals surface area contributed by atoms with E-state index < -0.39 is 0 Å². The summed E-state index contributed by atoms with van der Waals surface area (Å²) in [7, 11) is 1.92. The third kappa shape index (κ3) is 2.86. The summed E-state index contributed by atoms with van der Waals surface area (Å²) in [4.78, 5) is 0. The van der Waals surface area contributed by atoms with Gasteiger partial charge >= 0.3 is 0 Å². The van der Waals surface area contributed by atoms with Gasteiger partial charge in [-0.1, -0.05) is 23.2 Å². The maximum absolute atomic E-state index is 5.74.